The van der Waals surface area contributed by atoms with E-state index in [1.807, 2.05) is 6.92 Å². The van der Waals surface area contributed by atoms with Crippen LogP contribution in [-0.4, -0.2) is 34.4 Å². The molecule has 7 heteroatoms. The Morgan fingerprint density at radius 3 is 2.62 bits per heavy atom. The Labute approximate surface area is 91.8 Å². The van der Waals surface area contributed by atoms with Crippen molar-refractivity contribution in [2.24, 2.45) is 0 Å². The zero-order chi connectivity index (χ0) is 12.3. The molecule has 0 aromatic carbocycles. The molecule has 0 radical (unpaired) electrons. The molecule has 4 nitrogen and oxygen atoms in total. The predicted molar refractivity (Wildman–Crippen MR) is 54.7 cm³/mol. The van der Waals surface area contributed by atoms with Gasteiger partial charge in [-0.2, -0.15) is 18.3 Å². The normalized spacial score (nSPS) is 12.4. The van der Waals surface area contributed by atoms with Crippen molar-refractivity contribution in [2.75, 3.05) is 19.3 Å². The van der Waals surface area contributed by atoms with Gasteiger partial charge in [-0.1, -0.05) is 0 Å². The molecule has 0 amide bonds. The summed E-state index contributed by atoms with van der Waals surface area (Å²) in [5, 5.41) is 3.97. The first-order valence-electron chi connectivity index (χ1n) is 4.89. The number of anilines is 1. The molecule has 1 rings (SSSR count). The first-order valence-corrected chi connectivity index (χ1v) is 4.89. The Morgan fingerprint density at radius 2 is 2.12 bits per heavy atom. The second-order valence-corrected chi connectivity index (χ2v) is 3.66. The number of hydrogen-bond donors (Lipinski definition) is 1. The average Bonchev–Trinajstić information content (AvgIpc) is 2.42. The molecule has 0 spiro atoms. The van der Waals surface area contributed by atoms with E-state index in [0.717, 1.165) is 0 Å². The van der Waals surface area contributed by atoms with Crippen LogP contribution < -0.4 is 5.73 Å². The van der Waals surface area contributed by atoms with Crippen molar-refractivity contribution in [1.29, 1.82) is 0 Å². The molecule has 0 fully saturated rings. The lowest BCUT2D eigenvalue weighted by molar-refractivity contribution is -0.144. The minimum absolute atomic E-state index is 0.178. The molecule has 0 aliphatic rings. The summed E-state index contributed by atoms with van der Waals surface area (Å²) < 4.78 is 37.9. The Balaban J connectivity index is 2.65. The lowest BCUT2D eigenvalue weighted by atomic mass is 10.3. The number of aryl methyl sites for hydroxylation is 1. The topological polar surface area (TPSA) is 47.1 Å². The van der Waals surface area contributed by atoms with E-state index < -0.39 is 12.7 Å². The van der Waals surface area contributed by atoms with E-state index in [2.05, 4.69) is 5.10 Å². The monoisotopic (exact) mass is 236 g/mol. The van der Waals surface area contributed by atoms with Crippen LogP contribution >= 0.6 is 0 Å². The molecule has 16 heavy (non-hydrogen) atoms. The smallest absolute Gasteiger partial charge is 0.382 e. The SMILES string of the molecule is CCn1nc(N)cc1CN(C)CC(F)(F)F. The maximum absolute atomic E-state index is 12.1. The minimum Gasteiger partial charge on any atom is -0.382 e. The molecule has 2 N–H and O–H groups in total. The van der Waals surface area contributed by atoms with Crippen molar-refractivity contribution < 1.29 is 13.2 Å². The fraction of sp³-hybridized carbons (Fsp3) is 0.667. The fourth-order valence-electron chi connectivity index (χ4n) is 1.52. The molecule has 92 valence electrons. The van der Waals surface area contributed by atoms with Gasteiger partial charge in [-0.15, -0.1) is 0 Å². The molecule has 1 heterocycles. The first-order chi connectivity index (χ1) is 7.31. The van der Waals surface area contributed by atoms with Crippen LogP contribution in [0.2, 0.25) is 0 Å². The molecule has 1 aromatic heterocycles. The number of aromatic nitrogens is 2. The number of alkyl halides is 3. The van der Waals surface area contributed by atoms with E-state index in [1.165, 1.54) is 11.9 Å². The molecule has 1 aromatic rings. The maximum Gasteiger partial charge on any atom is 0.401 e. The number of nitrogen functional groups attached to an aromatic ring is 1. The van der Waals surface area contributed by atoms with Gasteiger partial charge in [-0.05, 0) is 14.0 Å². The molecular formula is C9H15F3N4. The summed E-state index contributed by atoms with van der Waals surface area (Å²) in [6, 6.07) is 1.59. The highest BCUT2D eigenvalue weighted by atomic mass is 19.4. The van der Waals surface area contributed by atoms with Gasteiger partial charge in [0.15, 0.2) is 0 Å². The van der Waals surface area contributed by atoms with Gasteiger partial charge in [0.05, 0.1) is 12.2 Å². The van der Waals surface area contributed by atoms with Gasteiger partial charge < -0.3 is 5.73 Å². The Bertz CT molecular complexity index is 345. The Kier molecular flexibility index (Phi) is 3.79. The summed E-state index contributed by atoms with van der Waals surface area (Å²) in [5.74, 6) is 0.331. The van der Waals surface area contributed by atoms with E-state index in [4.69, 9.17) is 5.73 Å². The zero-order valence-electron chi connectivity index (χ0n) is 9.25. The third-order valence-corrected chi connectivity index (χ3v) is 2.06. The van der Waals surface area contributed by atoms with E-state index in [-0.39, 0.29) is 6.54 Å². The van der Waals surface area contributed by atoms with Crippen LogP contribution in [0.15, 0.2) is 6.07 Å². The van der Waals surface area contributed by atoms with Gasteiger partial charge in [0, 0.05) is 19.2 Å². The largest absolute Gasteiger partial charge is 0.401 e. The van der Waals surface area contributed by atoms with Gasteiger partial charge >= 0.3 is 6.18 Å². The van der Waals surface area contributed by atoms with Gasteiger partial charge in [0.25, 0.3) is 0 Å². The lowest BCUT2D eigenvalue weighted by Crippen LogP contribution is -2.31. The molecular weight excluding hydrogens is 221 g/mol. The molecule has 0 aliphatic carbocycles. The summed E-state index contributed by atoms with van der Waals surface area (Å²) in [4.78, 5) is 1.18. The molecule has 0 saturated heterocycles. The van der Waals surface area contributed by atoms with Crippen LogP contribution in [0, 0.1) is 0 Å². The molecule has 0 saturated carbocycles. The molecule has 0 aliphatic heterocycles. The van der Waals surface area contributed by atoms with Crippen LogP contribution in [0.3, 0.4) is 0 Å². The number of nitrogens with two attached hydrogens (primary N) is 1. The van der Waals surface area contributed by atoms with Gasteiger partial charge in [-0.3, -0.25) is 9.58 Å². The number of rotatable bonds is 4. The second kappa shape index (κ2) is 4.73. The van der Waals surface area contributed by atoms with Gasteiger partial charge in [0.2, 0.25) is 0 Å². The summed E-state index contributed by atoms with van der Waals surface area (Å²) in [7, 11) is 1.41. The van der Waals surface area contributed by atoms with Crippen molar-refractivity contribution in [2.45, 2.75) is 26.2 Å². The van der Waals surface area contributed by atoms with Crippen molar-refractivity contribution >= 4 is 5.82 Å². The van der Waals surface area contributed by atoms with Crippen LogP contribution in [0.1, 0.15) is 12.6 Å². The van der Waals surface area contributed by atoms with Crippen molar-refractivity contribution in [3.8, 4) is 0 Å². The third kappa shape index (κ3) is 3.73. The maximum atomic E-state index is 12.1. The molecule has 0 bridgehead atoms. The number of nitrogens with zero attached hydrogens (tertiary/aromatic N) is 3. The second-order valence-electron chi connectivity index (χ2n) is 3.66. The van der Waals surface area contributed by atoms with Crippen molar-refractivity contribution in [1.82, 2.24) is 14.7 Å². The van der Waals surface area contributed by atoms with Crippen LogP contribution in [0.25, 0.3) is 0 Å². The van der Waals surface area contributed by atoms with Crippen molar-refractivity contribution in [3.63, 3.8) is 0 Å². The highest BCUT2D eigenvalue weighted by molar-refractivity contribution is 5.29. The Morgan fingerprint density at radius 1 is 1.50 bits per heavy atom. The van der Waals surface area contributed by atoms with Gasteiger partial charge in [-0.25, -0.2) is 0 Å². The van der Waals surface area contributed by atoms with Crippen LogP contribution in [0.5, 0.6) is 0 Å². The predicted octanol–water partition coefficient (Wildman–Crippen LogP) is 1.48. The van der Waals surface area contributed by atoms with E-state index >= 15 is 0 Å². The average molecular weight is 236 g/mol. The lowest BCUT2D eigenvalue weighted by Gasteiger charge is -2.18. The van der Waals surface area contributed by atoms with Gasteiger partial charge in [0.1, 0.15) is 5.82 Å². The fourth-order valence-corrected chi connectivity index (χ4v) is 1.52. The standard InChI is InChI=1S/C9H15F3N4/c1-3-16-7(4-8(13)14-16)5-15(2)6-9(10,11)12/h4H,3,5-6H2,1-2H3,(H2,13,14). The first kappa shape index (κ1) is 12.8. The van der Waals surface area contributed by atoms with E-state index in [9.17, 15) is 13.2 Å². The number of halogens is 3. The zero-order valence-corrected chi connectivity index (χ0v) is 9.25. The summed E-state index contributed by atoms with van der Waals surface area (Å²) in [6.45, 7) is 1.69. The molecule has 0 unspecified atom stereocenters. The van der Waals surface area contributed by atoms with E-state index in [0.29, 0.717) is 18.1 Å². The summed E-state index contributed by atoms with van der Waals surface area (Å²) >= 11 is 0. The summed E-state index contributed by atoms with van der Waals surface area (Å²) in [5.41, 5.74) is 6.17. The third-order valence-electron chi connectivity index (χ3n) is 2.06. The Hall–Kier alpha value is -1.24. The highest BCUT2D eigenvalue weighted by Crippen LogP contribution is 2.17. The van der Waals surface area contributed by atoms with Crippen molar-refractivity contribution in [3.05, 3.63) is 11.8 Å². The minimum atomic E-state index is -4.18. The molecule has 0 atom stereocenters. The quantitative estimate of drug-likeness (QED) is 0.861. The highest BCUT2D eigenvalue weighted by Gasteiger charge is 2.29. The summed E-state index contributed by atoms with van der Waals surface area (Å²) in [6.07, 6.45) is -4.18. The van der Waals surface area contributed by atoms with Crippen LogP contribution in [0.4, 0.5) is 19.0 Å². The van der Waals surface area contributed by atoms with Crippen LogP contribution in [-0.2, 0) is 13.1 Å². The number of hydrogen-bond acceptors (Lipinski definition) is 3. The van der Waals surface area contributed by atoms with E-state index in [1.54, 1.807) is 10.7 Å².